The Morgan fingerprint density at radius 2 is 2.04 bits per heavy atom. The SMILES string of the molecule is CCOC(=O)N1CCC(C(=O)Nc2nc(-c3cc(C)ccc3C)cs2)CC1. The number of carbonyl (C=O) groups excluding carboxylic acids is 2. The molecule has 0 saturated carbocycles. The molecule has 0 radical (unpaired) electrons. The maximum atomic E-state index is 12.6. The number of nitrogens with zero attached hydrogens (tertiary/aromatic N) is 2. The van der Waals surface area contributed by atoms with Crippen LogP contribution in [0.5, 0.6) is 0 Å². The van der Waals surface area contributed by atoms with Crippen molar-refractivity contribution in [2.45, 2.75) is 33.6 Å². The Bertz CT molecular complexity index is 826. The van der Waals surface area contributed by atoms with Gasteiger partial charge in [0.2, 0.25) is 5.91 Å². The molecule has 2 aromatic rings. The molecule has 2 heterocycles. The number of benzene rings is 1. The third kappa shape index (κ3) is 4.66. The second-order valence-electron chi connectivity index (χ2n) is 6.81. The lowest BCUT2D eigenvalue weighted by molar-refractivity contribution is -0.121. The predicted octanol–water partition coefficient (Wildman–Crippen LogP) is 4.23. The monoisotopic (exact) mass is 387 g/mol. The number of piperidine rings is 1. The zero-order chi connectivity index (χ0) is 19.4. The van der Waals surface area contributed by atoms with Crippen molar-refractivity contribution in [3.05, 3.63) is 34.7 Å². The summed E-state index contributed by atoms with van der Waals surface area (Å²) in [6.45, 7) is 7.36. The number of carbonyl (C=O) groups is 2. The Kier molecular flexibility index (Phi) is 6.11. The molecular formula is C20H25N3O3S. The molecule has 1 aliphatic rings. The molecule has 3 rings (SSSR count). The van der Waals surface area contributed by atoms with Crippen molar-refractivity contribution in [3.8, 4) is 11.3 Å². The highest BCUT2D eigenvalue weighted by Gasteiger charge is 2.28. The fourth-order valence-electron chi connectivity index (χ4n) is 3.21. The van der Waals surface area contributed by atoms with Crippen LogP contribution in [0.25, 0.3) is 11.3 Å². The second kappa shape index (κ2) is 8.52. The number of aromatic nitrogens is 1. The smallest absolute Gasteiger partial charge is 0.409 e. The van der Waals surface area contributed by atoms with Crippen molar-refractivity contribution in [1.29, 1.82) is 0 Å². The summed E-state index contributed by atoms with van der Waals surface area (Å²) in [6.07, 6.45) is 0.981. The van der Waals surface area contributed by atoms with Gasteiger partial charge in [0.05, 0.1) is 12.3 Å². The number of amides is 2. The van der Waals surface area contributed by atoms with Crippen LogP contribution in [-0.4, -0.2) is 41.6 Å². The van der Waals surface area contributed by atoms with Gasteiger partial charge in [-0.05, 0) is 45.2 Å². The molecule has 0 unspecified atom stereocenters. The van der Waals surface area contributed by atoms with E-state index in [2.05, 4.69) is 42.3 Å². The fraction of sp³-hybridized carbons (Fsp3) is 0.450. The Hall–Kier alpha value is -2.41. The average Bonchev–Trinajstić information content (AvgIpc) is 3.12. The predicted molar refractivity (Wildman–Crippen MR) is 107 cm³/mol. The van der Waals surface area contributed by atoms with Crippen LogP contribution in [0, 0.1) is 19.8 Å². The standard InChI is InChI=1S/C20H25N3O3S/c1-4-26-20(25)23-9-7-15(8-10-23)18(24)22-19-21-17(12-27-19)16-11-13(2)5-6-14(16)3/h5-6,11-12,15H,4,7-10H2,1-3H3,(H,21,22,24). The highest BCUT2D eigenvalue weighted by molar-refractivity contribution is 7.14. The minimum atomic E-state index is -0.297. The van der Waals surface area contributed by atoms with E-state index in [1.807, 2.05) is 5.38 Å². The summed E-state index contributed by atoms with van der Waals surface area (Å²) < 4.78 is 5.01. The van der Waals surface area contributed by atoms with E-state index in [1.165, 1.54) is 16.9 Å². The Labute approximate surface area is 163 Å². The number of hydrogen-bond acceptors (Lipinski definition) is 5. The highest BCUT2D eigenvalue weighted by atomic mass is 32.1. The van der Waals surface area contributed by atoms with Crippen LogP contribution < -0.4 is 5.32 Å². The molecule has 1 N–H and O–H groups in total. The molecule has 1 aromatic carbocycles. The van der Waals surface area contributed by atoms with Gasteiger partial charge in [-0.2, -0.15) is 0 Å². The third-order valence-electron chi connectivity index (χ3n) is 4.80. The lowest BCUT2D eigenvalue weighted by atomic mass is 9.96. The highest BCUT2D eigenvalue weighted by Crippen LogP contribution is 2.29. The summed E-state index contributed by atoms with van der Waals surface area (Å²) >= 11 is 1.44. The summed E-state index contributed by atoms with van der Waals surface area (Å²) in [5.74, 6) is -0.135. The van der Waals surface area contributed by atoms with Crippen molar-refractivity contribution < 1.29 is 14.3 Å². The van der Waals surface area contributed by atoms with Crippen molar-refractivity contribution in [2.24, 2.45) is 5.92 Å². The van der Waals surface area contributed by atoms with E-state index in [0.717, 1.165) is 16.8 Å². The van der Waals surface area contributed by atoms with Gasteiger partial charge in [0.1, 0.15) is 0 Å². The molecule has 6 nitrogen and oxygen atoms in total. The summed E-state index contributed by atoms with van der Waals surface area (Å²) in [4.78, 5) is 30.6. The van der Waals surface area contributed by atoms with Crippen molar-refractivity contribution in [1.82, 2.24) is 9.88 Å². The van der Waals surface area contributed by atoms with Gasteiger partial charge in [-0.25, -0.2) is 9.78 Å². The van der Waals surface area contributed by atoms with Crippen LogP contribution in [0.15, 0.2) is 23.6 Å². The van der Waals surface area contributed by atoms with Gasteiger partial charge in [-0.15, -0.1) is 11.3 Å². The molecule has 1 saturated heterocycles. The number of likely N-dealkylation sites (tertiary alicyclic amines) is 1. The summed E-state index contributed by atoms with van der Waals surface area (Å²) in [7, 11) is 0. The van der Waals surface area contributed by atoms with Crippen LogP contribution in [0.3, 0.4) is 0 Å². The first-order valence-electron chi connectivity index (χ1n) is 9.23. The van der Waals surface area contributed by atoms with E-state index in [1.54, 1.807) is 11.8 Å². The lowest BCUT2D eigenvalue weighted by Crippen LogP contribution is -2.41. The summed E-state index contributed by atoms with van der Waals surface area (Å²) in [5.41, 5.74) is 4.32. The third-order valence-corrected chi connectivity index (χ3v) is 5.55. The molecule has 0 atom stereocenters. The van der Waals surface area contributed by atoms with Gasteiger partial charge in [-0.1, -0.05) is 17.7 Å². The molecular weight excluding hydrogens is 362 g/mol. The normalized spacial score (nSPS) is 14.9. The molecule has 1 fully saturated rings. The number of rotatable bonds is 4. The summed E-state index contributed by atoms with van der Waals surface area (Å²) in [6, 6.07) is 6.28. The Morgan fingerprint density at radius 1 is 1.30 bits per heavy atom. The van der Waals surface area contributed by atoms with Crippen LogP contribution in [0.1, 0.15) is 30.9 Å². The zero-order valence-electron chi connectivity index (χ0n) is 15.9. The van der Waals surface area contributed by atoms with E-state index in [-0.39, 0.29) is 17.9 Å². The van der Waals surface area contributed by atoms with E-state index < -0.39 is 0 Å². The van der Waals surface area contributed by atoms with Crippen LogP contribution >= 0.6 is 11.3 Å². The molecule has 0 bridgehead atoms. The molecule has 1 aromatic heterocycles. The largest absolute Gasteiger partial charge is 0.450 e. The first kappa shape index (κ1) is 19.4. The lowest BCUT2D eigenvalue weighted by Gasteiger charge is -2.30. The van der Waals surface area contributed by atoms with E-state index in [0.29, 0.717) is 37.7 Å². The zero-order valence-corrected chi connectivity index (χ0v) is 16.8. The van der Waals surface area contributed by atoms with E-state index in [9.17, 15) is 9.59 Å². The molecule has 0 spiro atoms. The number of anilines is 1. The first-order valence-corrected chi connectivity index (χ1v) is 10.1. The molecule has 2 amide bonds. The Balaban J connectivity index is 1.59. The minimum Gasteiger partial charge on any atom is -0.450 e. The Morgan fingerprint density at radius 3 is 2.74 bits per heavy atom. The number of aryl methyl sites for hydroxylation is 2. The van der Waals surface area contributed by atoms with Gasteiger partial charge in [0, 0.05) is 30.0 Å². The second-order valence-corrected chi connectivity index (χ2v) is 7.66. The van der Waals surface area contributed by atoms with Crippen LogP contribution in [0.4, 0.5) is 9.93 Å². The van der Waals surface area contributed by atoms with Gasteiger partial charge in [-0.3, -0.25) is 4.79 Å². The van der Waals surface area contributed by atoms with Crippen LogP contribution in [-0.2, 0) is 9.53 Å². The first-order chi connectivity index (χ1) is 13.0. The molecule has 27 heavy (non-hydrogen) atoms. The quantitative estimate of drug-likeness (QED) is 0.852. The maximum absolute atomic E-state index is 12.6. The number of ether oxygens (including phenoxy) is 1. The van der Waals surface area contributed by atoms with Gasteiger partial charge < -0.3 is 15.0 Å². The maximum Gasteiger partial charge on any atom is 0.409 e. The van der Waals surface area contributed by atoms with Crippen molar-refractivity contribution >= 4 is 28.5 Å². The molecule has 0 aliphatic carbocycles. The number of nitrogens with one attached hydrogen (secondary N) is 1. The van der Waals surface area contributed by atoms with Gasteiger partial charge >= 0.3 is 6.09 Å². The van der Waals surface area contributed by atoms with Gasteiger partial charge in [0.15, 0.2) is 5.13 Å². The van der Waals surface area contributed by atoms with Crippen molar-refractivity contribution in [3.63, 3.8) is 0 Å². The molecule has 144 valence electrons. The van der Waals surface area contributed by atoms with E-state index >= 15 is 0 Å². The minimum absolute atomic E-state index is 0.0274. The number of hydrogen-bond donors (Lipinski definition) is 1. The molecule has 1 aliphatic heterocycles. The van der Waals surface area contributed by atoms with Crippen LogP contribution in [0.2, 0.25) is 0 Å². The topological polar surface area (TPSA) is 71.5 Å². The fourth-order valence-corrected chi connectivity index (χ4v) is 3.93. The average molecular weight is 388 g/mol. The molecule has 7 heteroatoms. The van der Waals surface area contributed by atoms with Gasteiger partial charge in [0.25, 0.3) is 0 Å². The van der Waals surface area contributed by atoms with E-state index in [4.69, 9.17) is 4.74 Å². The number of thiazole rings is 1. The van der Waals surface area contributed by atoms with Crippen molar-refractivity contribution in [2.75, 3.05) is 25.0 Å². The summed E-state index contributed by atoms with van der Waals surface area (Å²) in [5, 5.41) is 5.53.